The van der Waals surface area contributed by atoms with Crippen LogP contribution in [0.25, 0.3) is 11.2 Å². The first kappa shape index (κ1) is 33.1. The van der Waals surface area contributed by atoms with Crippen LogP contribution in [0.15, 0.2) is 35.5 Å². The zero-order valence-electron chi connectivity index (χ0n) is 26.5. The first-order valence-corrected chi connectivity index (χ1v) is 15.6. The second-order valence-electron chi connectivity index (χ2n) is 12.3. The predicted octanol–water partition coefficient (Wildman–Crippen LogP) is 4.34. The van der Waals surface area contributed by atoms with Gasteiger partial charge in [-0.2, -0.15) is 13.2 Å². The number of nitrogens with one attached hydrogen (secondary N) is 1. The molecule has 1 aliphatic heterocycles. The fourth-order valence-corrected chi connectivity index (χ4v) is 6.86. The number of carbonyl (C=O) groups excluding carboxylic acids is 2. The predicted molar refractivity (Wildman–Crippen MR) is 171 cm³/mol. The van der Waals surface area contributed by atoms with Gasteiger partial charge in [-0.05, 0) is 50.3 Å². The number of alkyl halides is 3. The minimum Gasteiger partial charge on any atom is -0.504 e. The van der Waals surface area contributed by atoms with Gasteiger partial charge in [0.05, 0.1) is 28.2 Å². The molecule has 6 rings (SSSR count). The van der Waals surface area contributed by atoms with Gasteiger partial charge in [-0.15, -0.1) is 0 Å². The number of carbonyl (C=O) groups is 2. The van der Waals surface area contributed by atoms with E-state index in [0.717, 1.165) is 18.2 Å². The van der Waals surface area contributed by atoms with Gasteiger partial charge >= 0.3 is 6.18 Å². The molecule has 2 aliphatic rings. The summed E-state index contributed by atoms with van der Waals surface area (Å²) in [7, 11) is 3.52. The van der Waals surface area contributed by atoms with Crippen molar-refractivity contribution in [2.45, 2.75) is 51.2 Å². The maximum Gasteiger partial charge on any atom is 0.416 e. The first-order valence-electron chi connectivity index (χ1n) is 15.2. The Kier molecular flexibility index (Phi) is 8.30. The molecule has 0 bridgehead atoms. The van der Waals surface area contributed by atoms with Crippen LogP contribution < -0.4 is 15.6 Å². The number of aryl methyl sites for hydroxylation is 1. The molecule has 48 heavy (non-hydrogen) atoms. The summed E-state index contributed by atoms with van der Waals surface area (Å²) in [5.41, 5.74) is -0.251. The third kappa shape index (κ3) is 5.69. The smallest absolute Gasteiger partial charge is 0.416 e. The summed E-state index contributed by atoms with van der Waals surface area (Å²) >= 11 is 6.11. The summed E-state index contributed by atoms with van der Waals surface area (Å²) in [4.78, 5) is 61.5. The lowest BCUT2D eigenvalue weighted by Gasteiger charge is -2.33. The number of amides is 2. The minimum atomic E-state index is -4.60. The van der Waals surface area contributed by atoms with Crippen LogP contribution in [-0.2, 0) is 29.4 Å². The molecule has 0 radical (unpaired) electrons. The molecule has 3 aromatic heterocycles. The van der Waals surface area contributed by atoms with E-state index in [9.17, 15) is 32.7 Å². The molecule has 2 amide bonds. The lowest BCUT2D eigenvalue weighted by molar-refractivity contribution is -0.137. The van der Waals surface area contributed by atoms with Crippen molar-refractivity contribution in [2.24, 2.45) is 5.92 Å². The zero-order chi connectivity index (χ0) is 34.7. The van der Waals surface area contributed by atoms with Crippen LogP contribution in [0.5, 0.6) is 5.75 Å². The third-order valence-electron chi connectivity index (χ3n) is 9.21. The fourth-order valence-electron chi connectivity index (χ4n) is 6.64. The molecule has 1 aromatic carbocycles. The molecule has 4 heterocycles. The van der Waals surface area contributed by atoms with Crippen molar-refractivity contribution in [3.05, 3.63) is 74.2 Å². The number of likely N-dealkylation sites (tertiary alicyclic amines) is 1. The monoisotopic (exact) mass is 684 g/mol. The number of nitrogens with zero attached hydrogens (tertiary/aromatic N) is 7. The summed E-state index contributed by atoms with van der Waals surface area (Å²) in [5.74, 6) is -0.926. The number of aromatic hydroxyl groups is 1. The Labute approximate surface area is 277 Å². The van der Waals surface area contributed by atoms with Crippen LogP contribution in [-0.4, -0.2) is 73.5 Å². The van der Waals surface area contributed by atoms with Crippen LogP contribution >= 0.6 is 11.6 Å². The summed E-state index contributed by atoms with van der Waals surface area (Å²) in [5, 5.41) is 12.7. The summed E-state index contributed by atoms with van der Waals surface area (Å²) in [6.07, 6.45) is -0.448. The maximum atomic E-state index is 14.3. The van der Waals surface area contributed by atoms with Crippen molar-refractivity contribution in [1.82, 2.24) is 29.4 Å². The van der Waals surface area contributed by atoms with Gasteiger partial charge in [0.15, 0.2) is 22.6 Å². The Bertz CT molecular complexity index is 2040. The summed E-state index contributed by atoms with van der Waals surface area (Å²) < 4.78 is 41.1. The minimum absolute atomic E-state index is 0.00192. The molecule has 12 nitrogen and oxygen atoms in total. The number of pyridine rings is 1. The Morgan fingerprint density at radius 2 is 1.96 bits per heavy atom. The number of piperidine rings is 1. The van der Waals surface area contributed by atoms with Gasteiger partial charge in [-0.3, -0.25) is 14.4 Å². The topological polar surface area (TPSA) is 146 Å². The molecule has 252 valence electrons. The van der Waals surface area contributed by atoms with Crippen LogP contribution in [0.2, 0.25) is 5.02 Å². The number of benzene rings is 1. The van der Waals surface area contributed by atoms with Crippen LogP contribution in [0, 0.1) is 12.8 Å². The van der Waals surface area contributed by atoms with Crippen molar-refractivity contribution in [2.75, 3.05) is 37.4 Å². The van der Waals surface area contributed by atoms with Crippen molar-refractivity contribution in [3.63, 3.8) is 0 Å². The van der Waals surface area contributed by atoms with Crippen molar-refractivity contribution in [1.29, 1.82) is 0 Å². The molecule has 0 spiro atoms. The first-order chi connectivity index (χ1) is 22.7. The number of aromatic nitrogens is 5. The third-order valence-corrected chi connectivity index (χ3v) is 9.52. The van der Waals surface area contributed by atoms with E-state index in [4.69, 9.17) is 11.6 Å². The molecule has 1 aliphatic carbocycles. The summed E-state index contributed by atoms with van der Waals surface area (Å²) in [6, 6.07) is 2.66. The maximum absolute atomic E-state index is 14.3. The molecule has 2 N–H and O–H groups in total. The van der Waals surface area contributed by atoms with Gasteiger partial charge in [0, 0.05) is 43.9 Å². The van der Waals surface area contributed by atoms with E-state index in [2.05, 4.69) is 25.3 Å². The molecule has 2 fully saturated rings. The van der Waals surface area contributed by atoms with Gasteiger partial charge in [-0.1, -0.05) is 18.5 Å². The van der Waals surface area contributed by atoms with E-state index in [1.807, 2.05) is 6.92 Å². The summed E-state index contributed by atoms with van der Waals surface area (Å²) in [6.45, 7) is 3.75. The standard InChI is InChI=1S/C32H32ClF3N8O4/c1-5-21-24(31-8-9-43(13-18(31)11-31)30(48)26-27(46)16(2)38-15-39-26)28(47)25-29(37-12-22(41-25)42(3)4)44(21)14-23(45)40-20-7-6-17(10-19(20)33)32(34,35)36/h6-7,10,12,15,18,46H,5,8-9,11,13-14H2,1-4H3,(H,40,45)/t18-,31+/m1/s1. The van der Waals surface area contributed by atoms with Crippen LogP contribution in [0.3, 0.4) is 0 Å². The highest BCUT2D eigenvalue weighted by atomic mass is 35.5. The largest absolute Gasteiger partial charge is 0.504 e. The van der Waals surface area contributed by atoms with Gasteiger partial charge in [-0.25, -0.2) is 19.9 Å². The molecule has 2 atom stereocenters. The Hall–Kier alpha value is -4.79. The second kappa shape index (κ2) is 12.0. The SMILES string of the molecule is CCc1c([C@]23CCN(C(=O)c4ncnc(C)c4O)C[C@H]2C3)c(=O)c2nc(N(C)C)cnc2n1CC(=O)Nc1ccc(C(F)(F)F)cc1Cl. The number of halogens is 4. The normalized spacial score (nSPS) is 18.8. The Balaban J connectivity index is 1.37. The lowest BCUT2D eigenvalue weighted by Crippen LogP contribution is -2.43. The molecule has 4 aromatic rings. The molecule has 16 heteroatoms. The molecular weight excluding hydrogens is 653 g/mol. The molecule has 1 saturated heterocycles. The zero-order valence-corrected chi connectivity index (χ0v) is 27.3. The van der Waals surface area contributed by atoms with Gasteiger partial charge in [0.2, 0.25) is 11.3 Å². The van der Waals surface area contributed by atoms with E-state index >= 15 is 0 Å². The fraction of sp³-hybridized carbons (Fsp3) is 0.406. The Morgan fingerprint density at radius 1 is 1.21 bits per heavy atom. The molecule has 1 saturated carbocycles. The van der Waals surface area contributed by atoms with E-state index in [1.165, 1.54) is 12.5 Å². The highest BCUT2D eigenvalue weighted by Crippen LogP contribution is 2.59. The van der Waals surface area contributed by atoms with Crippen molar-refractivity contribution in [3.8, 4) is 5.75 Å². The number of fused-ring (bicyclic) bond motifs is 2. The van der Waals surface area contributed by atoms with Gasteiger partial charge < -0.3 is 24.8 Å². The average molecular weight is 685 g/mol. The van der Waals surface area contributed by atoms with E-state index in [0.29, 0.717) is 55.1 Å². The molecule has 0 unspecified atom stereocenters. The van der Waals surface area contributed by atoms with Gasteiger partial charge in [0.1, 0.15) is 18.7 Å². The number of rotatable bonds is 7. The van der Waals surface area contributed by atoms with E-state index < -0.39 is 29.0 Å². The van der Waals surface area contributed by atoms with Crippen LogP contribution in [0.1, 0.15) is 52.8 Å². The Morgan fingerprint density at radius 3 is 2.60 bits per heavy atom. The lowest BCUT2D eigenvalue weighted by atomic mass is 9.84. The molecular formula is C32H32ClF3N8O4. The van der Waals surface area contributed by atoms with Crippen molar-refractivity contribution >= 4 is 46.1 Å². The number of hydrogen-bond acceptors (Lipinski definition) is 9. The number of hydrogen-bond donors (Lipinski definition) is 2. The van der Waals surface area contributed by atoms with Crippen LogP contribution in [0.4, 0.5) is 24.7 Å². The average Bonchev–Trinajstić information content (AvgIpc) is 3.77. The van der Waals surface area contributed by atoms with E-state index in [-0.39, 0.29) is 51.2 Å². The quantitative estimate of drug-likeness (QED) is 0.290. The van der Waals surface area contributed by atoms with Crippen molar-refractivity contribution < 1.29 is 27.9 Å². The highest BCUT2D eigenvalue weighted by Gasteiger charge is 2.60. The highest BCUT2D eigenvalue weighted by molar-refractivity contribution is 6.33. The number of anilines is 2. The second-order valence-corrected chi connectivity index (χ2v) is 12.7. The van der Waals surface area contributed by atoms with E-state index in [1.54, 1.807) is 35.4 Å². The van der Waals surface area contributed by atoms with Gasteiger partial charge in [0.25, 0.3) is 5.91 Å².